The second kappa shape index (κ2) is 6.26. The van der Waals surface area contributed by atoms with Crippen molar-refractivity contribution in [1.29, 1.82) is 0 Å². The number of halogens is 1. The van der Waals surface area contributed by atoms with Gasteiger partial charge in [0.15, 0.2) is 5.60 Å². The predicted octanol–water partition coefficient (Wildman–Crippen LogP) is 4.01. The summed E-state index contributed by atoms with van der Waals surface area (Å²) in [6, 6.07) is 7.21. The molecule has 0 radical (unpaired) electrons. The van der Waals surface area contributed by atoms with Crippen LogP contribution in [0, 0.1) is 23.2 Å². The Bertz CT molecular complexity index is 698. The fourth-order valence-electron chi connectivity index (χ4n) is 5.64. The van der Waals surface area contributed by atoms with Gasteiger partial charge in [0, 0.05) is 16.5 Å². The summed E-state index contributed by atoms with van der Waals surface area (Å²) in [5.41, 5.74) is -1.09. The van der Waals surface area contributed by atoms with Gasteiger partial charge in [0.1, 0.15) is 12.0 Å². The first kappa shape index (κ1) is 17.8. The van der Waals surface area contributed by atoms with Crippen molar-refractivity contribution in [3.05, 3.63) is 29.3 Å². The molecule has 4 aliphatic carbocycles. The van der Waals surface area contributed by atoms with Crippen LogP contribution in [-0.2, 0) is 9.59 Å². The minimum absolute atomic E-state index is 0.0925. The van der Waals surface area contributed by atoms with E-state index in [9.17, 15) is 9.59 Å². The SMILES string of the molecule is CC(C)(Oc1ccc(Cl)cc1)C(=O)NC1C2CC3CC1CC(C=O)(C3)C2. The maximum absolute atomic E-state index is 12.9. The van der Waals surface area contributed by atoms with Crippen molar-refractivity contribution in [3.63, 3.8) is 0 Å². The molecule has 1 amide bonds. The molecule has 1 aromatic carbocycles. The fourth-order valence-corrected chi connectivity index (χ4v) is 5.76. The monoisotopic (exact) mass is 375 g/mol. The van der Waals surface area contributed by atoms with Crippen LogP contribution in [0.1, 0.15) is 46.0 Å². The van der Waals surface area contributed by atoms with Gasteiger partial charge in [-0.15, -0.1) is 0 Å². The third kappa shape index (κ3) is 3.13. The maximum Gasteiger partial charge on any atom is 0.263 e. The minimum atomic E-state index is -0.967. The molecule has 140 valence electrons. The molecule has 4 nitrogen and oxygen atoms in total. The maximum atomic E-state index is 12.9. The molecule has 2 unspecified atom stereocenters. The Labute approximate surface area is 159 Å². The van der Waals surface area contributed by atoms with E-state index in [-0.39, 0.29) is 17.4 Å². The van der Waals surface area contributed by atoms with Gasteiger partial charge in [0.05, 0.1) is 0 Å². The van der Waals surface area contributed by atoms with Crippen LogP contribution in [0.3, 0.4) is 0 Å². The number of carbonyl (C=O) groups is 2. The quantitative estimate of drug-likeness (QED) is 0.791. The third-order valence-corrected chi connectivity index (χ3v) is 6.85. The van der Waals surface area contributed by atoms with Crippen LogP contribution >= 0.6 is 11.6 Å². The molecule has 1 aromatic rings. The average molecular weight is 376 g/mol. The smallest absolute Gasteiger partial charge is 0.263 e. The van der Waals surface area contributed by atoms with E-state index in [2.05, 4.69) is 5.32 Å². The molecule has 0 heterocycles. The lowest BCUT2D eigenvalue weighted by atomic mass is 9.48. The number of aldehydes is 1. The summed E-state index contributed by atoms with van der Waals surface area (Å²) in [4.78, 5) is 24.6. The first-order valence-electron chi connectivity index (χ1n) is 9.52. The minimum Gasteiger partial charge on any atom is -0.478 e. The first-order chi connectivity index (χ1) is 12.3. The molecule has 0 aromatic heterocycles. The van der Waals surface area contributed by atoms with Crippen molar-refractivity contribution >= 4 is 23.8 Å². The molecule has 5 heteroatoms. The molecule has 4 saturated carbocycles. The largest absolute Gasteiger partial charge is 0.478 e. The highest BCUT2D eigenvalue weighted by molar-refractivity contribution is 6.30. The van der Waals surface area contributed by atoms with Gasteiger partial charge in [-0.25, -0.2) is 0 Å². The summed E-state index contributed by atoms with van der Waals surface area (Å²) in [6.45, 7) is 3.58. The van der Waals surface area contributed by atoms with E-state index in [1.54, 1.807) is 38.1 Å². The van der Waals surface area contributed by atoms with E-state index in [1.165, 1.54) is 6.29 Å². The van der Waals surface area contributed by atoms with E-state index in [0.29, 0.717) is 28.5 Å². The average Bonchev–Trinajstić information content (AvgIpc) is 2.59. The molecular weight excluding hydrogens is 350 g/mol. The van der Waals surface area contributed by atoms with Gasteiger partial charge in [-0.3, -0.25) is 4.79 Å². The summed E-state index contributed by atoms with van der Waals surface area (Å²) < 4.78 is 5.93. The Kier molecular flexibility index (Phi) is 4.30. The molecule has 0 saturated heterocycles. The summed E-state index contributed by atoms with van der Waals surface area (Å²) in [6.07, 6.45) is 6.37. The summed E-state index contributed by atoms with van der Waals surface area (Å²) in [7, 11) is 0. The van der Waals surface area contributed by atoms with Crippen LogP contribution < -0.4 is 10.1 Å². The van der Waals surface area contributed by atoms with Gasteiger partial charge in [-0.2, -0.15) is 0 Å². The Morgan fingerprint density at radius 1 is 1.19 bits per heavy atom. The van der Waals surface area contributed by atoms with Crippen LogP contribution in [0.15, 0.2) is 24.3 Å². The number of benzene rings is 1. The van der Waals surface area contributed by atoms with E-state index >= 15 is 0 Å². The highest BCUT2D eigenvalue weighted by Crippen LogP contribution is 2.59. The van der Waals surface area contributed by atoms with Gasteiger partial charge in [0.25, 0.3) is 5.91 Å². The first-order valence-corrected chi connectivity index (χ1v) is 9.90. The molecule has 1 N–H and O–H groups in total. The highest BCUT2D eigenvalue weighted by atomic mass is 35.5. The van der Waals surface area contributed by atoms with E-state index in [4.69, 9.17) is 16.3 Å². The van der Waals surface area contributed by atoms with Crippen molar-refractivity contribution in [2.24, 2.45) is 23.2 Å². The number of rotatable bonds is 5. The Balaban J connectivity index is 1.44. The van der Waals surface area contributed by atoms with Crippen LogP contribution in [0.4, 0.5) is 0 Å². The molecule has 0 aliphatic heterocycles. The number of amides is 1. The van der Waals surface area contributed by atoms with Crippen molar-refractivity contribution in [3.8, 4) is 5.75 Å². The lowest BCUT2D eigenvalue weighted by Gasteiger charge is -2.58. The van der Waals surface area contributed by atoms with Crippen molar-refractivity contribution < 1.29 is 14.3 Å². The lowest BCUT2D eigenvalue weighted by Crippen LogP contribution is -2.62. The molecular formula is C21H26ClNO3. The van der Waals surface area contributed by atoms with E-state index in [0.717, 1.165) is 32.1 Å². The zero-order chi connectivity index (χ0) is 18.5. The fraction of sp³-hybridized carbons (Fsp3) is 0.619. The molecule has 5 rings (SSSR count). The molecule has 4 fully saturated rings. The summed E-state index contributed by atoms with van der Waals surface area (Å²) in [5, 5.41) is 3.91. The van der Waals surface area contributed by atoms with Crippen LogP contribution in [0.2, 0.25) is 5.02 Å². The van der Waals surface area contributed by atoms with E-state index in [1.807, 2.05) is 0 Å². The molecule has 0 spiro atoms. The molecule has 4 bridgehead atoms. The number of nitrogens with one attached hydrogen (secondary N) is 1. The lowest BCUT2D eigenvalue weighted by molar-refractivity contribution is -0.143. The third-order valence-electron chi connectivity index (χ3n) is 6.60. The normalized spacial score (nSPS) is 35.2. The predicted molar refractivity (Wildman–Crippen MR) is 100 cm³/mol. The topological polar surface area (TPSA) is 55.4 Å². The molecule has 4 aliphatic rings. The number of ether oxygens (including phenoxy) is 1. The van der Waals surface area contributed by atoms with Crippen molar-refractivity contribution in [2.45, 2.75) is 57.6 Å². The second-order valence-electron chi connectivity index (χ2n) is 9.02. The van der Waals surface area contributed by atoms with Crippen molar-refractivity contribution in [1.82, 2.24) is 5.32 Å². The second-order valence-corrected chi connectivity index (χ2v) is 9.45. The molecule has 2 atom stereocenters. The highest BCUT2D eigenvalue weighted by Gasteiger charge is 2.56. The van der Waals surface area contributed by atoms with Gasteiger partial charge in [0.2, 0.25) is 0 Å². The Morgan fingerprint density at radius 3 is 2.38 bits per heavy atom. The zero-order valence-corrected chi connectivity index (χ0v) is 16.1. The van der Waals surface area contributed by atoms with Gasteiger partial charge in [-0.1, -0.05) is 11.6 Å². The number of hydrogen-bond acceptors (Lipinski definition) is 3. The van der Waals surface area contributed by atoms with Gasteiger partial charge < -0.3 is 14.8 Å². The number of hydrogen-bond donors (Lipinski definition) is 1. The number of carbonyl (C=O) groups excluding carboxylic acids is 2. The van der Waals surface area contributed by atoms with Crippen molar-refractivity contribution in [2.75, 3.05) is 0 Å². The van der Waals surface area contributed by atoms with Crippen LogP contribution in [0.25, 0.3) is 0 Å². The Hall–Kier alpha value is -1.55. The van der Waals surface area contributed by atoms with Gasteiger partial charge in [-0.05, 0) is 88.0 Å². The summed E-state index contributed by atoms with van der Waals surface area (Å²) in [5.74, 6) is 2.03. The van der Waals surface area contributed by atoms with Crippen LogP contribution in [-0.4, -0.2) is 23.8 Å². The van der Waals surface area contributed by atoms with Crippen LogP contribution in [0.5, 0.6) is 5.75 Å². The zero-order valence-electron chi connectivity index (χ0n) is 15.3. The van der Waals surface area contributed by atoms with E-state index < -0.39 is 5.60 Å². The standard InChI is InChI=1S/C21H26ClNO3/c1-20(2,26-17-5-3-16(22)4-6-17)19(25)23-18-14-7-13-8-15(18)11-21(9-13,10-14)12-24/h3-6,12-15,18H,7-11H2,1-2H3,(H,23,25). The Morgan fingerprint density at radius 2 is 1.81 bits per heavy atom. The molecule has 26 heavy (non-hydrogen) atoms. The summed E-state index contributed by atoms with van der Waals surface area (Å²) >= 11 is 5.91. The van der Waals surface area contributed by atoms with Gasteiger partial charge >= 0.3 is 0 Å².